The average Bonchev–Trinajstić information content (AvgIpc) is 2.73. The van der Waals surface area contributed by atoms with Gasteiger partial charge in [0.05, 0.1) is 0 Å². The fourth-order valence-electron chi connectivity index (χ4n) is 1.95. The van der Waals surface area contributed by atoms with Crippen LogP contribution < -0.4 is 5.32 Å². The molecular weight excluding hydrogens is 272 g/mol. The van der Waals surface area contributed by atoms with Crippen LogP contribution in [-0.4, -0.2) is 33.4 Å². The van der Waals surface area contributed by atoms with E-state index < -0.39 is 23.7 Å². The van der Waals surface area contributed by atoms with Gasteiger partial charge in [0.2, 0.25) is 0 Å². The fraction of sp³-hybridized carbons (Fsp3) is 0.600. The maximum Gasteiger partial charge on any atom is 0.408 e. The Hall–Kier alpha value is -1.98. The van der Waals surface area contributed by atoms with Crippen molar-refractivity contribution in [3.05, 3.63) is 24.0 Å². The molecule has 0 radical (unpaired) electrons. The second-order valence-electron chi connectivity index (χ2n) is 5.93. The van der Waals surface area contributed by atoms with Crippen molar-refractivity contribution in [3.63, 3.8) is 0 Å². The van der Waals surface area contributed by atoms with Crippen LogP contribution >= 0.6 is 0 Å². The van der Waals surface area contributed by atoms with Crippen molar-refractivity contribution in [2.45, 2.75) is 58.7 Å². The van der Waals surface area contributed by atoms with Crippen molar-refractivity contribution in [1.29, 1.82) is 0 Å². The number of carbonyl (C=O) groups is 2. The van der Waals surface area contributed by atoms with Crippen molar-refractivity contribution in [3.8, 4) is 0 Å². The molecule has 0 aliphatic rings. The second-order valence-corrected chi connectivity index (χ2v) is 5.93. The van der Waals surface area contributed by atoms with Crippen LogP contribution in [0, 0.1) is 0 Å². The summed E-state index contributed by atoms with van der Waals surface area (Å²) in [7, 11) is 0. The first kappa shape index (κ1) is 17.1. The number of aryl methyl sites for hydroxylation is 1. The summed E-state index contributed by atoms with van der Waals surface area (Å²) in [6.07, 6.45) is 2.37. The maximum atomic E-state index is 11.7. The van der Waals surface area contributed by atoms with Crippen LogP contribution in [0.2, 0.25) is 0 Å². The predicted molar refractivity (Wildman–Crippen MR) is 79.2 cm³/mol. The van der Waals surface area contributed by atoms with Crippen LogP contribution in [0.4, 0.5) is 4.79 Å². The van der Waals surface area contributed by atoms with E-state index in [1.807, 2.05) is 22.9 Å². The molecule has 21 heavy (non-hydrogen) atoms. The van der Waals surface area contributed by atoms with E-state index in [9.17, 15) is 14.7 Å². The average molecular weight is 296 g/mol. The number of carboxylic acids is 1. The fourth-order valence-corrected chi connectivity index (χ4v) is 1.95. The van der Waals surface area contributed by atoms with Crippen molar-refractivity contribution < 1.29 is 19.4 Å². The van der Waals surface area contributed by atoms with E-state index in [-0.39, 0.29) is 6.42 Å². The van der Waals surface area contributed by atoms with Crippen LogP contribution in [0.15, 0.2) is 18.3 Å². The lowest BCUT2D eigenvalue weighted by Crippen LogP contribution is -2.45. The lowest BCUT2D eigenvalue weighted by Gasteiger charge is -2.22. The number of carboxylic acid groups (broad SMARTS) is 1. The zero-order valence-corrected chi connectivity index (χ0v) is 13.0. The predicted octanol–water partition coefficient (Wildman–Crippen LogP) is 2.42. The van der Waals surface area contributed by atoms with Gasteiger partial charge in [0, 0.05) is 24.9 Å². The summed E-state index contributed by atoms with van der Waals surface area (Å²) in [5.74, 6) is -1.08. The number of ether oxygens (including phenoxy) is 1. The number of alkyl carbamates (subject to hydrolysis) is 1. The minimum atomic E-state index is -1.08. The van der Waals surface area contributed by atoms with Gasteiger partial charge in [0.15, 0.2) is 0 Å². The number of aromatic nitrogens is 1. The Kier molecular flexibility index (Phi) is 5.81. The number of amides is 1. The normalized spacial score (nSPS) is 12.8. The van der Waals surface area contributed by atoms with E-state index in [2.05, 4.69) is 12.2 Å². The molecule has 0 bridgehead atoms. The van der Waals surface area contributed by atoms with Gasteiger partial charge in [-0.15, -0.1) is 0 Å². The largest absolute Gasteiger partial charge is 0.480 e. The lowest BCUT2D eigenvalue weighted by atomic mass is 10.1. The molecule has 0 aliphatic heterocycles. The van der Waals surface area contributed by atoms with Crippen LogP contribution in [0.5, 0.6) is 0 Å². The van der Waals surface area contributed by atoms with Crippen molar-refractivity contribution in [1.82, 2.24) is 9.88 Å². The topological polar surface area (TPSA) is 80.6 Å². The molecule has 0 spiro atoms. The molecule has 1 unspecified atom stereocenters. The first-order valence-electron chi connectivity index (χ1n) is 7.09. The molecule has 1 rings (SSSR count). The number of nitrogens with zero attached hydrogens (tertiary/aromatic N) is 1. The van der Waals surface area contributed by atoms with Crippen LogP contribution in [0.1, 0.15) is 39.8 Å². The zero-order chi connectivity index (χ0) is 16.0. The van der Waals surface area contributed by atoms with Crippen molar-refractivity contribution in [2.75, 3.05) is 0 Å². The summed E-state index contributed by atoms with van der Waals surface area (Å²) in [5.41, 5.74) is 0.218. The quantitative estimate of drug-likeness (QED) is 0.844. The molecule has 1 heterocycles. The molecule has 1 aromatic rings. The number of hydrogen-bond donors (Lipinski definition) is 2. The van der Waals surface area contributed by atoms with Crippen LogP contribution in [-0.2, 0) is 22.5 Å². The zero-order valence-electron chi connectivity index (χ0n) is 13.0. The Morgan fingerprint density at radius 1 is 1.43 bits per heavy atom. The third-order valence-electron chi connectivity index (χ3n) is 2.79. The van der Waals surface area contributed by atoms with Gasteiger partial charge in [-0.3, -0.25) is 0 Å². The van der Waals surface area contributed by atoms with Crippen LogP contribution in [0.25, 0.3) is 0 Å². The summed E-state index contributed by atoms with van der Waals surface area (Å²) < 4.78 is 7.09. The Morgan fingerprint density at radius 2 is 2.10 bits per heavy atom. The highest BCUT2D eigenvalue weighted by Crippen LogP contribution is 2.10. The molecule has 1 atom stereocenters. The van der Waals surface area contributed by atoms with E-state index in [0.29, 0.717) is 0 Å². The van der Waals surface area contributed by atoms with Crippen LogP contribution in [0.3, 0.4) is 0 Å². The van der Waals surface area contributed by atoms with Crippen molar-refractivity contribution in [2.24, 2.45) is 0 Å². The lowest BCUT2D eigenvalue weighted by molar-refractivity contribution is -0.139. The molecule has 6 nitrogen and oxygen atoms in total. The van der Waals surface area contributed by atoms with Gasteiger partial charge >= 0.3 is 12.1 Å². The molecule has 0 fully saturated rings. The first-order chi connectivity index (χ1) is 9.73. The summed E-state index contributed by atoms with van der Waals surface area (Å²) in [6, 6.07) is 2.73. The summed E-state index contributed by atoms with van der Waals surface area (Å²) >= 11 is 0. The Morgan fingerprint density at radius 3 is 2.62 bits per heavy atom. The van der Waals surface area contributed by atoms with E-state index in [1.165, 1.54) is 0 Å². The Bertz CT molecular complexity index is 488. The van der Waals surface area contributed by atoms with E-state index in [4.69, 9.17) is 4.74 Å². The molecule has 1 amide bonds. The second kappa shape index (κ2) is 7.15. The molecule has 118 valence electrons. The van der Waals surface area contributed by atoms with Gasteiger partial charge in [0.25, 0.3) is 0 Å². The first-order valence-corrected chi connectivity index (χ1v) is 7.09. The number of aliphatic carboxylic acids is 1. The minimum absolute atomic E-state index is 0.224. The number of carbonyl (C=O) groups excluding carboxylic acids is 1. The highest BCUT2D eigenvalue weighted by molar-refractivity contribution is 5.80. The smallest absolute Gasteiger partial charge is 0.408 e. The minimum Gasteiger partial charge on any atom is -0.480 e. The number of nitrogens with one attached hydrogen (secondary N) is 1. The monoisotopic (exact) mass is 296 g/mol. The summed E-state index contributed by atoms with van der Waals surface area (Å²) in [6.45, 7) is 8.07. The third kappa shape index (κ3) is 5.89. The Balaban J connectivity index is 2.72. The molecule has 2 N–H and O–H groups in total. The SMILES string of the molecule is CCCn1cccc1CC(NC(=O)OC(C)(C)C)C(=O)O. The Labute approximate surface area is 125 Å². The number of rotatable bonds is 6. The molecule has 1 aromatic heterocycles. The number of hydrogen-bond acceptors (Lipinski definition) is 3. The molecule has 0 saturated carbocycles. The highest BCUT2D eigenvalue weighted by atomic mass is 16.6. The molecule has 0 aliphatic carbocycles. The van der Waals surface area contributed by atoms with E-state index in [0.717, 1.165) is 18.7 Å². The van der Waals surface area contributed by atoms with E-state index >= 15 is 0 Å². The molecule has 0 saturated heterocycles. The standard InChI is InChI=1S/C15H24N2O4/c1-5-8-17-9-6-7-11(17)10-12(13(18)19)16-14(20)21-15(2,3)4/h6-7,9,12H,5,8,10H2,1-4H3,(H,16,20)(H,18,19). The molecule has 0 aromatic carbocycles. The summed E-state index contributed by atoms with van der Waals surface area (Å²) in [5, 5.41) is 11.7. The van der Waals surface area contributed by atoms with Gasteiger partial charge in [-0.05, 0) is 39.3 Å². The van der Waals surface area contributed by atoms with Gasteiger partial charge < -0.3 is 19.7 Å². The van der Waals surface area contributed by atoms with E-state index in [1.54, 1.807) is 20.8 Å². The van der Waals surface area contributed by atoms with Gasteiger partial charge in [-0.25, -0.2) is 9.59 Å². The highest BCUT2D eigenvalue weighted by Gasteiger charge is 2.24. The van der Waals surface area contributed by atoms with Gasteiger partial charge in [-0.1, -0.05) is 6.92 Å². The third-order valence-corrected chi connectivity index (χ3v) is 2.79. The molecule has 6 heteroatoms. The van der Waals surface area contributed by atoms with Crippen molar-refractivity contribution >= 4 is 12.1 Å². The van der Waals surface area contributed by atoms with Gasteiger partial charge in [-0.2, -0.15) is 0 Å². The maximum absolute atomic E-state index is 11.7. The molecular formula is C15H24N2O4. The van der Waals surface area contributed by atoms with Gasteiger partial charge in [0.1, 0.15) is 11.6 Å². The summed E-state index contributed by atoms with van der Waals surface area (Å²) in [4.78, 5) is 23.0.